The van der Waals surface area contributed by atoms with Gasteiger partial charge in [-0.25, -0.2) is 0 Å². The molecule has 0 spiro atoms. The van der Waals surface area contributed by atoms with Crippen LogP contribution < -0.4 is 20.7 Å². The van der Waals surface area contributed by atoms with Crippen molar-refractivity contribution in [1.29, 1.82) is 0 Å². The third-order valence-corrected chi connectivity index (χ3v) is 18.9. The number of hydrogen-bond donors (Lipinski definition) is 0. The number of benzene rings is 10. The van der Waals surface area contributed by atoms with Gasteiger partial charge in [0.2, 0.25) is 0 Å². The van der Waals surface area contributed by atoms with Gasteiger partial charge in [0.05, 0.1) is 37.9 Å². The Morgan fingerprint density at radius 3 is 1.42 bits per heavy atom. The largest absolute Gasteiger partial charge is 0.309 e. The predicted octanol–water partition coefficient (Wildman–Crippen LogP) is 13.3. The van der Waals surface area contributed by atoms with E-state index in [9.17, 15) is 5.48 Å². The first kappa shape index (κ1) is 32.9. The topological polar surface area (TPSA) is 9.86 Å². The van der Waals surface area contributed by atoms with Crippen LogP contribution in [0, 0.1) is 0 Å². The molecule has 300 valence electrons. The van der Waals surface area contributed by atoms with Crippen LogP contribution >= 0.6 is 11.3 Å². The van der Waals surface area contributed by atoms with Gasteiger partial charge in [-0.05, 0) is 74.3 Å². The van der Waals surface area contributed by atoms with E-state index in [0.29, 0.717) is 5.19 Å². The minimum absolute atomic E-state index is 0.0354. The predicted molar refractivity (Wildman–Crippen MR) is 277 cm³/mol. The van der Waals surface area contributed by atoms with Gasteiger partial charge >= 0.3 is 0 Å². The van der Waals surface area contributed by atoms with Gasteiger partial charge in [-0.1, -0.05) is 200 Å². The lowest BCUT2D eigenvalue weighted by atomic mass is 10.1. The summed E-state index contributed by atoms with van der Waals surface area (Å²) in [7, 11) is -3.57. The van der Waals surface area contributed by atoms with Gasteiger partial charge in [0.15, 0.2) is 8.07 Å². The highest BCUT2D eigenvalue weighted by atomic mass is 32.1. The van der Waals surface area contributed by atoms with E-state index in [1.54, 1.807) is 11.3 Å². The number of thiophene rings is 1. The highest BCUT2D eigenvalue weighted by Gasteiger charge is 2.41. The molecule has 64 heavy (non-hydrogen) atoms. The van der Waals surface area contributed by atoms with Crippen LogP contribution in [0.2, 0.25) is 0 Å². The van der Waals surface area contributed by atoms with Crippen LogP contribution in [0.5, 0.6) is 0 Å². The number of nitrogens with zero attached hydrogens (tertiary/aromatic N) is 2. The molecule has 0 amide bonds. The first-order valence-corrected chi connectivity index (χ1v) is 24.5. The molecule has 13 aromatic rings. The number of para-hydroxylation sites is 3. The van der Waals surface area contributed by atoms with E-state index in [1.807, 2.05) is 71.3 Å². The number of hydrogen-bond acceptors (Lipinski definition) is 1. The molecule has 2 nitrogen and oxygen atoms in total. The average molecular weight is 853 g/mol. The highest BCUT2D eigenvalue weighted by Crippen LogP contribution is 2.47. The molecule has 0 aliphatic carbocycles. The molecular weight excluding hydrogens is 809 g/mol. The maximum atomic E-state index is 10.3. The van der Waals surface area contributed by atoms with E-state index < -0.39 is 8.07 Å². The van der Waals surface area contributed by atoms with Gasteiger partial charge in [-0.3, -0.25) is 0 Å². The Morgan fingerprint density at radius 2 is 0.828 bits per heavy atom. The van der Waals surface area contributed by atoms with Crippen molar-refractivity contribution in [2.45, 2.75) is 0 Å². The van der Waals surface area contributed by atoms with Crippen molar-refractivity contribution >= 4 is 104 Å². The zero-order valence-electron chi connectivity index (χ0n) is 38.6. The first-order valence-electron chi connectivity index (χ1n) is 23.7. The van der Waals surface area contributed by atoms with Crippen LogP contribution in [0.3, 0.4) is 0 Å². The molecule has 0 bridgehead atoms. The minimum atomic E-state index is -3.57. The monoisotopic (exact) mass is 852 g/mol. The Kier molecular flexibility index (Phi) is 7.54. The second-order valence-electron chi connectivity index (χ2n) is 16.5. The minimum Gasteiger partial charge on any atom is -0.309 e. The fraction of sp³-hybridized carbons (Fsp3) is 0. The fourth-order valence-corrected chi connectivity index (χ4v) is 16.0. The Balaban J connectivity index is 1.14. The van der Waals surface area contributed by atoms with Crippen molar-refractivity contribution in [2.75, 3.05) is 0 Å². The standard InChI is InChI=1S/C60H40N2SSi/c1-4-18-41(19-5-1)42-32-36-46(37-33-42)64(44-20-6-2-7-21-44,45-22-8-3-9-23-45)47-38-34-43(35-39-47)61-53-28-14-12-26-50(53)52-40-56(60-58(59(52)61)51-27-13-17-31-57(51)63-60)62-54-29-15-10-24-48(54)49-25-11-16-30-55(49)62/h1-40H/i34D,35D,38D,39D. The molecule has 0 aliphatic rings. The van der Waals surface area contributed by atoms with Gasteiger partial charge in [-0.15, -0.1) is 11.3 Å². The van der Waals surface area contributed by atoms with Crippen molar-refractivity contribution in [3.05, 3.63) is 243 Å². The summed E-state index contributed by atoms with van der Waals surface area (Å²) in [6.45, 7) is 0. The lowest BCUT2D eigenvalue weighted by Crippen LogP contribution is -2.74. The Bertz CT molecular complexity index is 4000. The van der Waals surface area contributed by atoms with Gasteiger partial charge < -0.3 is 9.13 Å². The lowest BCUT2D eigenvalue weighted by molar-refractivity contribution is 1.18. The number of aromatic nitrogens is 2. The Labute approximate surface area is 381 Å². The van der Waals surface area contributed by atoms with Crippen molar-refractivity contribution in [2.24, 2.45) is 0 Å². The number of fused-ring (bicyclic) bond motifs is 10. The van der Waals surface area contributed by atoms with E-state index >= 15 is 0 Å². The zero-order valence-corrected chi connectivity index (χ0v) is 36.4. The molecule has 10 aromatic carbocycles. The van der Waals surface area contributed by atoms with E-state index in [-0.39, 0.29) is 29.9 Å². The summed E-state index contributed by atoms with van der Waals surface area (Å²) in [5, 5.41) is 9.78. The van der Waals surface area contributed by atoms with Gasteiger partial charge in [0.25, 0.3) is 0 Å². The molecule has 0 saturated carbocycles. The maximum Gasteiger partial charge on any atom is 0.179 e. The van der Waals surface area contributed by atoms with E-state index in [0.717, 1.165) is 85.4 Å². The molecule has 4 heteroatoms. The van der Waals surface area contributed by atoms with Crippen LogP contribution in [0.15, 0.2) is 243 Å². The maximum absolute atomic E-state index is 10.3. The summed E-state index contributed by atoms with van der Waals surface area (Å²) in [6.07, 6.45) is 0. The first-order chi connectivity index (χ1) is 33.4. The van der Waals surface area contributed by atoms with Crippen LogP contribution in [0.25, 0.3) is 86.3 Å². The van der Waals surface area contributed by atoms with E-state index in [2.05, 4.69) is 156 Å². The molecule has 0 atom stereocenters. The van der Waals surface area contributed by atoms with Crippen molar-refractivity contribution in [3.8, 4) is 22.5 Å². The van der Waals surface area contributed by atoms with Gasteiger partial charge in [-0.2, -0.15) is 0 Å². The molecule has 0 aliphatic heterocycles. The molecule has 0 unspecified atom stereocenters. The zero-order chi connectivity index (χ0) is 45.7. The Hall–Kier alpha value is -7.76. The molecule has 3 heterocycles. The second-order valence-corrected chi connectivity index (χ2v) is 21.2. The van der Waals surface area contributed by atoms with Gasteiger partial charge in [0, 0.05) is 42.7 Å². The van der Waals surface area contributed by atoms with Crippen molar-refractivity contribution < 1.29 is 5.48 Å². The quantitative estimate of drug-likeness (QED) is 0.112. The Morgan fingerprint density at radius 1 is 0.375 bits per heavy atom. The van der Waals surface area contributed by atoms with Crippen molar-refractivity contribution in [3.63, 3.8) is 0 Å². The van der Waals surface area contributed by atoms with E-state index in [1.165, 1.54) is 10.8 Å². The summed E-state index contributed by atoms with van der Waals surface area (Å²) in [5.74, 6) is 0. The molecule has 0 radical (unpaired) electrons. The molecule has 0 saturated heterocycles. The summed E-state index contributed by atoms with van der Waals surface area (Å²) in [5.41, 5.74) is 7.37. The molecular formula is C60H40N2SSi. The SMILES string of the molecule is [2H]c1c([2H])c([Si](c2ccccc2)(c2ccccc2)c2ccc(-c3ccccc3)cc2)c([2H])c([2H])c1-n1c2ccccc2c2cc(-n3c4ccccc4c4ccccc43)c3sc4ccccc4c3c21. The third-order valence-electron chi connectivity index (χ3n) is 13.1. The van der Waals surface area contributed by atoms with Gasteiger partial charge in [0.1, 0.15) is 0 Å². The molecule has 13 rings (SSSR count). The van der Waals surface area contributed by atoms with E-state index in [4.69, 9.17) is 0 Å². The molecule has 0 fully saturated rings. The fourth-order valence-electron chi connectivity index (χ4n) is 10.4. The van der Waals surface area contributed by atoms with Crippen molar-refractivity contribution in [1.82, 2.24) is 9.13 Å². The lowest BCUT2D eigenvalue weighted by Gasteiger charge is -2.34. The number of rotatable bonds is 7. The summed E-state index contributed by atoms with van der Waals surface area (Å²) < 4.78 is 47.9. The average Bonchev–Trinajstić information content (AvgIpc) is 4.06. The highest BCUT2D eigenvalue weighted by molar-refractivity contribution is 7.26. The normalized spacial score (nSPS) is 12.9. The molecule has 3 aromatic heterocycles. The van der Waals surface area contributed by atoms with Crippen LogP contribution in [-0.2, 0) is 0 Å². The van der Waals surface area contributed by atoms with Crippen LogP contribution in [0.1, 0.15) is 5.48 Å². The summed E-state index contributed by atoms with van der Waals surface area (Å²) in [6, 6.07) is 75.3. The third kappa shape index (κ3) is 5.43. The molecule has 0 N–H and O–H groups in total. The summed E-state index contributed by atoms with van der Waals surface area (Å²) >= 11 is 1.75. The van der Waals surface area contributed by atoms with Crippen LogP contribution in [-0.4, -0.2) is 17.2 Å². The second kappa shape index (κ2) is 14.7. The summed E-state index contributed by atoms with van der Waals surface area (Å²) in [4.78, 5) is 0. The smallest absolute Gasteiger partial charge is 0.179 e. The van der Waals surface area contributed by atoms with Crippen LogP contribution in [0.4, 0.5) is 0 Å².